The highest BCUT2D eigenvalue weighted by Crippen LogP contribution is 2.27. The number of rotatable bonds is 9. The Labute approximate surface area is 98.0 Å². The molecule has 0 aromatic carbocycles. The average molecular weight is 228 g/mol. The summed E-state index contributed by atoms with van der Waals surface area (Å²) >= 11 is 0. The number of nitrogens with zero attached hydrogens (tertiary/aromatic N) is 1. The Kier molecular flexibility index (Phi) is 6.42. The zero-order chi connectivity index (χ0) is 11.8. The molecule has 94 valence electrons. The van der Waals surface area contributed by atoms with Gasteiger partial charge in [-0.2, -0.15) is 0 Å². The molecule has 0 aromatic rings. The van der Waals surface area contributed by atoms with Gasteiger partial charge in [0.2, 0.25) is 5.91 Å². The van der Waals surface area contributed by atoms with E-state index in [1.807, 2.05) is 7.05 Å². The van der Waals surface area contributed by atoms with Crippen molar-refractivity contribution in [1.29, 1.82) is 0 Å². The highest BCUT2D eigenvalue weighted by molar-refractivity contribution is 5.77. The Hall–Kier alpha value is -0.610. The zero-order valence-corrected chi connectivity index (χ0v) is 10.2. The fourth-order valence-corrected chi connectivity index (χ4v) is 1.60. The van der Waals surface area contributed by atoms with Gasteiger partial charge in [0.25, 0.3) is 0 Å². The first-order chi connectivity index (χ1) is 7.74. The number of hydrogen-bond acceptors (Lipinski definition) is 3. The van der Waals surface area contributed by atoms with Crippen LogP contribution in [-0.2, 0) is 4.79 Å². The Morgan fingerprint density at radius 3 is 2.75 bits per heavy atom. The first-order valence-electron chi connectivity index (χ1n) is 6.29. The van der Waals surface area contributed by atoms with Crippen LogP contribution in [0.25, 0.3) is 0 Å². The third-order valence-electron chi connectivity index (χ3n) is 2.98. The van der Waals surface area contributed by atoms with Gasteiger partial charge in [0.1, 0.15) is 0 Å². The summed E-state index contributed by atoms with van der Waals surface area (Å²) in [4.78, 5) is 13.4. The van der Waals surface area contributed by atoms with E-state index < -0.39 is 0 Å². The molecule has 1 aliphatic carbocycles. The Balaban J connectivity index is 1.95. The van der Waals surface area contributed by atoms with Crippen LogP contribution in [0.4, 0.5) is 0 Å². The molecule has 0 atom stereocenters. The minimum atomic E-state index is 0.171. The number of likely N-dealkylation sites (N-methyl/N-ethyl adjacent to an activating group) is 1. The number of unbranched alkanes of at least 4 members (excludes halogenated alkanes) is 2. The summed E-state index contributed by atoms with van der Waals surface area (Å²) in [6, 6.07) is 0. The molecule has 4 heteroatoms. The molecular formula is C12H24N2O2. The van der Waals surface area contributed by atoms with Gasteiger partial charge in [-0.05, 0) is 44.6 Å². The first kappa shape index (κ1) is 13.5. The fraction of sp³-hybridized carbons (Fsp3) is 0.917. The van der Waals surface area contributed by atoms with Crippen LogP contribution in [0, 0.1) is 5.92 Å². The molecule has 0 spiro atoms. The van der Waals surface area contributed by atoms with Crippen molar-refractivity contribution in [2.75, 3.05) is 33.3 Å². The first-order valence-corrected chi connectivity index (χ1v) is 6.29. The third-order valence-corrected chi connectivity index (χ3v) is 2.98. The maximum atomic E-state index is 11.6. The van der Waals surface area contributed by atoms with Crippen molar-refractivity contribution in [3.63, 3.8) is 0 Å². The number of nitrogens with one attached hydrogen (secondary N) is 1. The molecule has 0 unspecified atom stereocenters. The molecule has 4 nitrogen and oxygen atoms in total. The van der Waals surface area contributed by atoms with Crippen LogP contribution in [0.5, 0.6) is 0 Å². The topological polar surface area (TPSA) is 52.6 Å². The van der Waals surface area contributed by atoms with E-state index in [4.69, 9.17) is 5.11 Å². The summed E-state index contributed by atoms with van der Waals surface area (Å²) in [5, 5.41) is 11.8. The van der Waals surface area contributed by atoms with Gasteiger partial charge in [-0.25, -0.2) is 0 Å². The van der Waals surface area contributed by atoms with Gasteiger partial charge in [0.15, 0.2) is 0 Å². The van der Waals surface area contributed by atoms with E-state index in [1.54, 1.807) is 4.90 Å². The second kappa shape index (κ2) is 7.63. The number of carbonyl (C=O) groups excluding carboxylic acids is 1. The molecule has 1 saturated carbocycles. The molecule has 1 fully saturated rings. The van der Waals surface area contributed by atoms with Crippen LogP contribution in [0.2, 0.25) is 0 Å². The van der Waals surface area contributed by atoms with Crippen LogP contribution >= 0.6 is 0 Å². The smallest absolute Gasteiger partial charge is 0.236 e. The minimum Gasteiger partial charge on any atom is -0.396 e. The fourth-order valence-electron chi connectivity index (χ4n) is 1.60. The summed E-state index contributed by atoms with van der Waals surface area (Å²) < 4.78 is 0. The predicted molar refractivity (Wildman–Crippen MR) is 64.2 cm³/mol. The van der Waals surface area contributed by atoms with E-state index in [9.17, 15) is 4.79 Å². The minimum absolute atomic E-state index is 0.171. The Morgan fingerprint density at radius 1 is 1.38 bits per heavy atom. The molecule has 0 saturated heterocycles. The molecule has 0 radical (unpaired) electrons. The van der Waals surface area contributed by atoms with Gasteiger partial charge < -0.3 is 15.3 Å². The lowest BCUT2D eigenvalue weighted by Gasteiger charge is -2.17. The van der Waals surface area contributed by atoms with Crippen LogP contribution in [0.1, 0.15) is 32.1 Å². The monoisotopic (exact) mass is 228 g/mol. The van der Waals surface area contributed by atoms with Crippen molar-refractivity contribution in [3.05, 3.63) is 0 Å². The SMILES string of the molecule is CN(CCCCCO)C(=O)CNCC1CC1. The molecule has 16 heavy (non-hydrogen) atoms. The van der Waals surface area contributed by atoms with Crippen molar-refractivity contribution < 1.29 is 9.90 Å². The summed E-state index contributed by atoms with van der Waals surface area (Å²) in [5.74, 6) is 0.993. The summed E-state index contributed by atoms with van der Waals surface area (Å²) in [7, 11) is 1.85. The molecule has 0 aliphatic heterocycles. The molecule has 1 rings (SSSR count). The van der Waals surface area contributed by atoms with Crippen molar-refractivity contribution in [1.82, 2.24) is 10.2 Å². The van der Waals surface area contributed by atoms with E-state index in [0.29, 0.717) is 6.54 Å². The highest BCUT2D eigenvalue weighted by atomic mass is 16.2. The van der Waals surface area contributed by atoms with E-state index in [0.717, 1.165) is 38.3 Å². The van der Waals surface area contributed by atoms with Gasteiger partial charge in [0, 0.05) is 20.2 Å². The summed E-state index contributed by atoms with van der Waals surface area (Å²) in [6.07, 6.45) is 5.44. The maximum Gasteiger partial charge on any atom is 0.236 e. The van der Waals surface area contributed by atoms with Crippen LogP contribution in [-0.4, -0.2) is 49.2 Å². The lowest BCUT2D eigenvalue weighted by atomic mass is 10.2. The summed E-state index contributed by atoms with van der Waals surface area (Å²) in [5.41, 5.74) is 0. The normalized spacial score (nSPS) is 15.1. The number of carbonyl (C=O) groups is 1. The molecule has 2 N–H and O–H groups in total. The standard InChI is InChI=1S/C12H24N2O2/c1-14(7-3-2-4-8-15)12(16)10-13-9-11-5-6-11/h11,13,15H,2-10H2,1H3. The van der Waals surface area contributed by atoms with Crippen molar-refractivity contribution in [2.45, 2.75) is 32.1 Å². The van der Waals surface area contributed by atoms with Gasteiger partial charge in [0.05, 0.1) is 6.54 Å². The molecule has 1 aliphatic rings. The van der Waals surface area contributed by atoms with E-state index >= 15 is 0 Å². The quantitative estimate of drug-likeness (QED) is 0.568. The second-order valence-corrected chi connectivity index (χ2v) is 4.67. The number of hydrogen-bond donors (Lipinski definition) is 2. The number of aliphatic hydroxyl groups excluding tert-OH is 1. The molecule has 0 bridgehead atoms. The lowest BCUT2D eigenvalue weighted by Crippen LogP contribution is -2.36. The van der Waals surface area contributed by atoms with Crippen LogP contribution < -0.4 is 5.32 Å². The lowest BCUT2D eigenvalue weighted by molar-refractivity contribution is -0.129. The van der Waals surface area contributed by atoms with Crippen molar-refractivity contribution in [3.8, 4) is 0 Å². The predicted octanol–water partition coefficient (Wildman–Crippen LogP) is 0.607. The van der Waals surface area contributed by atoms with E-state index in [-0.39, 0.29) is 12.5 Å². The van der Waals surface area contributed by atoms with Gasteiger partial charge in [-0.1, -0.05) is 0 Å². The molecular weight excluding hydrogens is 204 g/mol. The van der Waals surface area contributed by atoms with E-state index in [2.05, 4.69) is 5.32 Å². The highest BCUT2D eigenvalue weighted by Gasteiger charge is 2.20. The second-order valence-electron chi connectivity index (χ2n) is 4.67. The average Bonchev–Trinajstić information content (AvgIpc) is 3.08. The van der Waals surface area contributed by atoms with Gasteiger partial charge in [-0.15, -0.1) is 0 Å². The third kappa shape index (κ3) is 6.08. The zero-order valence-electron chi connectivity index (χ0n) is 10.2. The summed E-state index contributed by atoms with van der Waals surface area (Å²) in [6.45, 7) is 2.50. The van der Waals surface area contributed by atoms with Gasteiger partial charge >= 0.3 is 0 Å². The van der Waals surface area contributed by atoms with E-state index in [1.165, 1.54) is 12.8 Å². The number of aliphatic hydroxyl groups is 1. The molecule has 0 heterocycles. The Bertz CT molecular complexity index is 205. The molecule has 1 amide bonds. The Morgan fingerprint density at radius 2 is 2.12 bits per heavy atom. The van der Waals surface area contributed by atoms with Crippen LogP contribution in [0.15, 0.2) is 0 Å². The van der Waals surface area contributed by atoms with Crippen molar-refractivity contribution in [2.24, 2.45) is 5.92 Å². The van der Waals surface area contributed by atoms with Crippen molar-refractivity contribution >= 4 is 5.91 Å². The largest absolute Gasteiger partial charge is 0.396 e. The molecule has 0 aromatic heterocycles. The van der Waals surface area contributed by atoms with Crippen LogP contribution in [0.3, 0.4) is 0 Å². The van der Waals surface area contributed by atoms with Gasteiger partial charge in [-0.3, -0.25) is 4.79 Å². The maximum absolute atomic E-state index is 11.6. The number of amides is 1.